The Labute approximate surface area is 178 Å². The predicted octanol–water partition coefficient (Wildman–Crippen LogP) is 3.72. The molecule has 1 N–H and O–H groups in total. The van der Waals surface area contributed by atoms with Crippen LogP contribution < -0.4 is 10.1 Å². The number of methoxy groups -OCH3 is 1. The number of aromatic nitrogens is 1. The maximum absolute atomic E-state index is 12.3. The van der Waals surface area contributed by atoms with Crippen LogP contribution in [-0.4, -0.2) is 69.0 Å². The van der Waals surface area contributed by atoms with Gasteiger partial charge in [-0.2, -0.15) is 0 Å². The Bertz CT molecular complexity index is 821. The lowest BCUT2D eigenvalue weighted by Gasteiger charge is -2.17. The first-order valence-corrected chi connectivity index (χ1v) is 10.9. The molecule has 3 rings (SSSR count). The predicted molar refractivity (Wildman–Crippen MR) is 118 cm³/mol. The fraction of sp³-hybridized carbons (Fsp3) is 0.565. The van der Waals surface area contributed by atoms with Crippen molar-refractivity contribution in [2.75, 3.05) is 58.4 Å². The molecule has 7 nitrogen and oxygen atoms in total. The first kappa shape index (κ1) is 22.3. The normalized spacial score (nSPS) is 14.2. The number of anilines is 1. The van der Waals surface area contributed by atoms with Crippen LogP contribution in [0.4, 0.5) is 5.69 Å². The molecule has 164 valence electrons. The monoisotopic (exact) mass is 415 g/mol. The minimum Gasteiger partial charge on any atom is -0.475 e. The Morgan fingerprint density at radius 3 is 2.77 bits per heavy atom. The van der Waals surface area contributed by atoms with E-state index in [-0.39, 0.29) is 5.97 Å². The van der Waals surface area contributed by atoms with Crippen LogP contribution in [0.3, 0.4) is 0 Å². The number of fused-ring (bicyclic) bond motifs is 1. The number of nitrogens with zero attached hydrogens (tertiary/aromatic N) is 2. The van der Waals surface area contributed by atoms with E-state index in [1.165, 1.54) is 12.8 Å². The van der Waals surface area contributed by atoms with Crippen LogP contribution in [0.1, 0.15) is 43.0 Å². The molecule has 1 saturated heterocycles. The van der Waals surface area contributed by atoms with E-state index >= 15 is 0 Å². The molecule has 1 fully saturated rings. The molecular formula is C23H33N3O4. The van der Waals surface area contributed by atoms with Crippen LogP contribution in [0.25, 0.3) is 10.9 Å². The van der Waals surface area contributed by atoms with Crippen molar-refractivity contribution in [2.24, 2.45) is 0 Å². The standard InChI is InChI=1S/C23H33N3O4/c1-3-4-13-30-23(27)18-7-8-20-19(16-18)17-21(24-9-14-28-2)22(25-20)29-15-12-26-10-5-6-11-26/h7-8,16-17,24H,3-6,9-15H2,1-2H3. The van der Waals surface area contributed by atoms with Gasteiger partial charge in [-0.15, -0.1) is 0 Å². The van der Waals surface area contributed by atoms with Crippen molar-refractivity contribution in [2.45, 2.75) is 32.6 Å². The Morgan fingerprint density at radius 1 is 1.17 bits per heavy atom. The quantitative estimate of drug-likeness (QED) is 0.418. The molecule has 0 radical (unpaired) electrons. The van der Waals surface area contributed by atoms with Gasteiger partial charge in [-0.05, 0) is 56.6 Å². The molecule has 0 bridgehead atoms. The van der Waals surface area contributed by atoms with Gasteiger partial charge in [0, 0.05) is 25.6 Å². The molecule has 0 spiro atoms. The molecule has 0 unspecified atom stereocenters. The molecule has 1 aliphatic heterocycles. The van der Waals surface area contributed by atoms with E-state index in [4.69, 9.17) is 19.2 Å². The number of unbranched alkanes of at least 4 members (excludes halogenated alkanes) is 1. The summed E-state index contributed by atoms with van der Waals surface area (Å²) in [5.41, 5.74) is 2.12. The zero-order valence-electron chi connectivity index (χ0n) is 18.1. The van der Waals surface area contributed by atoms with Gasteiger partial charge >= 0.3 is 5.97 Å². The SMILES string of the molecule is CCCCOC(=O)c1ccc2nc(OCCN3CCCC3)c(NCCOC)cc2c1. The third-order valence-electron chi connectivity index (χ3n) is 5.21. The van der Waals surface area contributed by atoms with Crippen molar-refractivity contribution in [3.63, 3.8) is 0 Å². The molecule has 1 aromatic heterocycles. The number of pyridine rings is 1. The highest BCUT2D eigenvalue weighted by Crippen LogP contribution is 2.28. The number of rotatable bonds is 12. The van der Waals surface area contributed by atoms with E-state index < -0.39 is 0 Å². The lowest BCUT2D eigenvalue weighted by atomic mass is 10.1. The fourth-order valence-electron chi connectivity index (χ4n) is 3.48. The number of benzene rings is 1. The minimum atomic E-state index is -0.301. The number of carbonyl (C=O) groups excluding carboxylic acids is 1. The summed E-state index contributed by atoms with van der Waals surface area (Å²) in [7, 11) is 1.67. The van der Waals surface area contributed by atoms with Gasteiger partial charge in [-0.3, -0.25) is 4.90 Å². The summed E-state index contributed by atoms with van der Waals surface area (Å²) in [5.74, 6) is 0.279. The summed E-state index contributed by atoms with van der Waals surface area (Å²) >= 11 is 0. The second kappa shape index (κ2) is 11.7. The maximum atomic E-state index is 12.3. The Hall–Kier alpha value is -2.38. The van der Waals surface area contributed by atoms with Gasteiger partial charge in [-0.25, -0.2) is 9.78 Å². The highest BCUT2D eigenvalue weighted by Gasteiger charge is 2.14. The van der Waals surface area contributed by atoms with Crippen LogP contribution in [0.2, 0.25) is 0 Å². The van der Waals surface area contributed by atoms with Gasteiger partial charge in [0.1, 0.15) is 6.61 Å². The largest absolute Gasteiger partial charge is 0.475 e. The van der Waals surface area contributed by atoms with Gasteiger partial charge in [-0.1, -0.05) is 13.3 Å². The lowest BCUT2D eigenvalue weighted by Crippen LogP contribution is -2.25. The summed E-state index contributed by atoms with van der Waals surface area (Å²) < 4.78 is 16.5. The zero-order chi connectivity index (χ0) is 21.2. The molecule has 2 heterocycles. The number of hydrogen-bond donors (Lipinski definition) is 1. The summed E-state index contributed by atoms with van der Waals surface area (Å²) in [5, 5.41) is 4.20. The summed E-state index contributed by atoms with van der Waals surface area (Å²) in [4.78, 5) is 19.4. The summed E-state index contributed by atoms with van der Waals surface area (Å²) in [6, 6.07) is 7.41. The fourth-order valence-corrected chi connectivity index (χ4v) is 3.48. The molecule has 0 amide bonds. The van der Waals surface area contributed by atoms with Crippen molar-refractivity contribution in [3.8, 4) is 5.88 Å². The van der Waals surface area contributed by atoms with Crippen LogP contribution in [0.15, 0.2) is 24.3 Å². The molecule has 2 aromatic rings. The topological polar surface area (TPSA) is 72.9 Å². The van der Waals surface area contributed by atoms with E-state index in [0.717, 1.165) is 49.1 Å². The Kier molecular flexibility index (Phi) is 8.71. The summed E-state index contributed by atoms with van der Waals surface area (Å²) in [6.45, 7) is 7.52. The second-order valence-electron chi connectivity index (χ2n) is 7.55. The second-order valence-corrected chi connectivity index (χ2v) is 7.55. The van der Waals surface area contributed by atoms with Gasteiger partial charge in [0.15, 0.2) is 0 Å². The third-order valence-corrected chi connectivity index (χ3v) is 5.21. The van der Waals surface area contributed by atoms with Crippen molar-refractivity contribution >= 4 is 22.6 Å². The van der Waals surface area contributed by atoms with E-state index in [1.807, 2.05) is 18.2 Å². The van der Waals surface area contributed by atoms with Crippen molar-refractivity contribution in [1.82, 2.24) is 9.88 Å². The number of hydrogen-bond acceptors (Lipinski definition) is 7. The Balaban J connectivity index is 1.74. The average Bonchev–Trinajstić information content (AvgIpc) is 3.27. The van der Waals surface area contributed by atoms with Crippen LogP contribution in [-0.2, 0) is 9.47 Å². The number of esters is 1. The molecule has 7 heteroatoms. The van der Waals surface area contributed by atoms with Crippen LogP contribution in [0, 0.1) is 0 Å². The molecule has 0 atom stereocenters. The highest BCUT2D eigenvalue weighted by atomic mass is 16.5. The van der Waals surface area contributed by atoms with Crippen molar-refractivity contribution < 1.29 is 19.0 Å². The van der Waals surface area contributed by atoms with E-state index in [2.05, 4.69) is 17.1 Å². The van der Waals surface area contributed by atoms with Gasteiger partial charge in [0.2, 0.25) is 5.88 Å². The zero-order valence-corrected chi connectivity index (χ0v) is 18.1. The third kappa shape index (κ3) is 6.31. The van der Waals surface area contributed by atoms with Crippen LogP contribution >= 0.6 is 0 Å². The van der Waals surface area contributed by atoms with E-state index in [0.29, 0.717) is 37.8 Å². The molecule has 1 aromatic carbocycles. The lowest BCUT2D eigenvalue weighted by molar-refractivity contribution is 0.0500. The minimum absolute atomic E-state index is 0.301. The van der Waals surface area contributed by atoms with E-state index in [9.17, 15) is 4.79 Å². The van der Waals surface area contributed by atoms with Crippen molar-refractivity contribution in [3.05, 3.63) is 29.8 Å². The molecular weight excluding hydrogens is 382 g/mol. The summed E-state index contributed by atoms with van der Waals surface area (Å²) in [6.07, 6.45) is 4.39. The number of likely N-dealkylation sites (tertiary alicyclic amines) is 1. The average molecular weight is 416 g/mol. The highest BCUT2D eigenvalue weighted by molar-refractivity contribution is 5.95. The van der Waals surface area contributed by atoms with Gasteiger partial charge in [0.05, 0.1) is 30.0 Å². The Morgan fingerprint density at radius 2 is 2.00 bits per heavy atom. The molecule has 0 aliphatic carbocycles. The van der Waals surface area contributed by atoms with E-state index in [1.54, 1.807) is 13.2 Å². The van der Waals surface area contributed by atoms with Gasteiger partial charge in [0.25, 0.3) is 0 Å². The van der Waals surface area contributed by atoms with Crippen LogP contribution in [0.5, 0.6) is 5.88 Å². The first-order chi connectivity index (χ1) is 14.7. The number of ether oxygens (including phenoxy) is 3. The smallest absolute Gasteiger partial charge is 0.338 e. The number of carbonyl (C=O) groups is 1. The first-order valence-electron chi connectivity index (χ1n) is 10.9. The maximum Gasteiger partial charge on any atom is 0.338 e. The van der Waals surface area contributed by atoms with Crippen molar-refractivity contribution in [1.29, 1.82) is 0 Å². The number of nitrogens with one attached hydrogen (secondary N) is 1. The van der Waals surface area contributed by atoms with Gasteiger partial charge < -0.3 is 19.5 Å². The molecule has 30 heavy (non-hydrogen) atoms. The molecule has 1 aliphatic rings. The molecule has 0 saturated carbocycles.